The summed E-state index contributed by atoms with van der Waals surface area (Å²) in [5.74, 6) is -0.558. The summed E-state index contributed by atoms with van der Waals surface area (Å²) in [5.41, 5.74) is 0. The third-order valence-corrected chi connectivity index (χ3v) is 16.6. The van der Waals surface area contributed by atoms with Gasteiger partial charge in [-0.05, 0) is 122 Å². The number of allylic oxidation sites excluding steroid dienone is 19. The Labute approximate surface area is 543 Å². The van der Waals surface area contributed by atoms with Crippen LogP contribution >= 0.6 is 7.82 Å². The van der Waals surface area contributed by atoms with Gasteiger partial charge < -0.3 is 28.5 Å². The van der Waals surface area contributed by atoms with E-state index in [0.717, 1.165) is 122 Å². The minimum absolute atomic E-state index is 0.0303. The Morgan fingerprint density at radius 3 is 1.11 bits per heavy atom. The molecule has 9 nitrogen and oxygen atoms in total. The number of carbonyl (C=O) groups excluding carboxylic acids is 2. The Morgan fingerprint density at radius 2 is 0.727 bits per heavy atom. The van der Waals surface area contributed by atoms with Crippen molar-refractivity contribution in [2.75, 3.05) is 40.9 Å². The Balaban J connectivity index is 5.08. The zero-order valence-corrected chi connectivity index (χ0v) is 58.8. The maximum atomic E-state index is 13.6. The molecule has 0 saturated heterocycles. The van der Waals surface area contributed by atoms with Crippen LogP contribution in [0.5, 0.6) is 0 Å². The monoisotopic (exact) mass is 1250 g/mol. The van der Waals surface area contributed by atoms with Gasteiger partial charge in [0.15, 0.2) is 0 Å². The van der Waals surface area contributed by atoms with Crippen LogP contribution in [0.1, 0.15) is 310 Å². The average Bonchev–Trinajstić information content (AvgIpc) is 3.71. The summed E-state index contributed by atoms with van der Waals surface area (Å²) in [6.07, 6.45) is 93.2. The van der Waals surface area contributed by atoms with Crippen LogP contribution in [0.2, 0.25) is 0 Å². The molecule has 0 aliphatic rings. The molecule has 0 saturated carbocycles. The summed E-state index contributed by atoms with van der Waals surface area (Å²) in [5, 5.41) is 3.04. The normalized spacial score (nSPS) is 14.2. The van der Waals surface area contributed by atoms with Crippen LogP contribution in [0.15, 0.2) is 122 Å². The van der Waals surface area contributed by atoms with Gasteiger partial charge in [0.05, 0.1) is 33.8 Å². The summed E-state index contributed by atoms with van der Waals surface area (Å²) in [4.78, 5) is 40.2. The fraction of sp³-hybridized carbons (Fsp3) is 0.718. The molecule has 0 aromatic carbocycles. The molecule has 0 radical (unpaired) electrons. The molecule has 0 aromatic rings. The molecule has 0 aliphatic heterocycles. The van der Waals surface area contributed by atoms with Crippen molar-refractivity contribution in [3.63, 3.8) is 0 Å². The van der Waals surface area contributed by atoms with Crippen molar-refractivity contribution in [2.24, 2.45) is 0 Å². The van der Waals surface area contributed by atoms with Gasteiger partial charge in [0.1, 0.15) is 19.3 Å². The molecule has 0 rings (SSSR count). The number of nitrogens with zero attached hydrogens (tertiary/aromatic N) is 1. The number of phosphoric acid groups is 1. The number of carbonyl (C=O) groups is 2. The van der Waals surface area contributed by atoms with E-state index < -0.39 is 26.6 Å². The van der Waals surface area contributed by atoms with Gasteiger partial charge in [-0.15, -0.1) is 0 Å². The van der Waals surface area contributed by atoms with Gasteiger partial charge in [-0.1, -0.05) is 297 Å². The van der Waals surface area contributed by atoms with E-state index in [1.807, 2.05) is 33.3 Å². The largest absolute Gasteiger partial charge is 0.756 e. The maximum absolute atomic E-state index is 13.6. The Morgan fingerprint density at radius 1 is 0.409 bits per heavy atom. The van der Waals surface area contributed by atoms with E-state index in [1.54, 1.807) is 0 Å². The van der Waals surface area contributed by atoms with Crippen LogP contribution in [0.3, 0.4) is 0 Å². The molecule has 3 unspecified atom stereocenters. The number of nitrogens with one attached hydrogen (secondary N) is 1. The van der Waals surface area contributed by atoms with E-state index in [0.29, 0.717) is 23.9 Å². The van der Waals surface area contributed by atoms with Gasteiger partial charge in [-0.3, -0.25) is 14.2 Å². The van der Waals surface area contributed by atoms with Crippen molar-refractivity contribution in [2.45, 2.75) is 322 Å². The fourth-order valence-corrected chi connectivity index (χ4v) is 10.8. The van der Waals surface area contributed by atoms with Crippen molar-refractivity contribution in [3.05, 3.63) is 122 Å². The van der Waals surface area contributed by atoms with Gasteiger partial charge in [0.25, 0.3) is 7.82 Å². The van der Waals surface area contributed by atoms with Crippen LogP contribution in [-0.4, -0.2) is 69.4 Å². The van der Waals surface area contributed by atoms with Gasteiger partial charge in [-0.2, -0.15) is 0 Å². The van der Waals surface area contributed by atoms with Gasteiger partial charge in [-0.25, -0.2) is 0 Å². The zero-order valence-electron chi connectivity index (χ0n) is 57.9. The first-order chi connectivity index (χ1) is 42.9. The second-order valence-electron chi connectivity index (χ2n) is 25.4. The lowest BCUT2D eigenvalue weighted by atomic mass is 10.0. The highest BCUT2D eigenvalue weighted by Gasteiger charge is 2.27. The molecule has 0 aromatic heterocycles. The molecule has 1 amide bonds. The van der Waals surface area contributed by atoms with E-state index >= 15 is 0 Å². The van der Waals surface area contributed by atoms with Crippen molar-refractivity contribution in [3.8, 4) is 0 Å². The van der Waals surface area contributed by atoms with Crippen molar-refractivity contribution in [1.29, 1.82) is 0 Å². The molecule has 0 bridgehead atoms. The molecule has 0 aliphatic carbocycles. The third-order valence-electron chi connectivity index (χ3n) is 15.6. The number of quaternary nitrogens is 1. The van der Waals surface area contributed by atoms with Crippen molar-refractivity contribution >= 4 is 19.7 Å². The van der Waals surface area contributed by atoms with E-state index in [4.69, 9.17) is 13.8 Å². The lowest BCUT2D eigenvalue weighted by molar-refractivity contribution is -0.870. The Kier molecular flexibility index (Phi) is 63.6. The molecule has 88 heavy (non-hydrogen) atoms. The smallest absolute Gasteiger partial charge is 0.306 e. The van der Waals surface area contributed by atoms with E-state index in [9.17, 15) is 19.0 Å². The minimum Gasteiger partial charge on any atom is -0.756 e. The van der Waals surface area contributed by atoms with E-state index in [2.05, 4.69) is 135 Å². The number of unbranched alkanes of at least 4 members (excludes halogenated alkanes) is 31. The fourth-order valence-electron chi connectivity index (χ4n) is 10.1. The van der Waals surface area contributed by atoms with Crippen molar-refractivity contribution in [1.82, 2.24) is 5.32 Å². The molecular weight excluding hydrogens is 1110 g/mol. The first-order valence-corrected chi connectivity index (χ1v) is 37.8. The number of amides is 1. The number of likely N-dealkylation sites (N-methyl/N-ethyl adjacent to an activating group) is 1. The number of phosphoric ester groups is 1. The van der Waals surface area contributed by atoms with E-state index in [1.165, 1.54) is 148 Å². The lowest BCUT2D eigenvalue weighted by Crippen LogP contribution is -2.47. The molecule has 10 heteroatoms. The van der Waals surface area contributed by atoms with Gasteiger partial charge in [0, 0.05) is 12.8 Å². The highest BCUT2D eigenvalue weighted by molar-refractivity contribution is 7.45. The number of hydrogen-bond acceptors (Lipinski definition) is 7. The Hall–Kier alpha value is -3.59. The summed E-state index contributed by atoms with van der Waals surface area (Å²) in [7, 11) is 1.17. The second kappa shape index (κ2) is 66.3. The highest BCUT2D eigenvalue weighted by atomic mass is 31.2. The predicted octanol–water partition coefficient (Wildman–Crippen LogP) is 22.8. The summed E-state index contributed by atoms with van der Waals surface area (Å²) in [6, 6.07) is -0.904. The first kappa shape index (κ1) is 84.4. The molecule has 1 N–H and O–H groups in total. The highest BCUT2D eigenvalue weighted by Crippen LogP contribution is 2.38. The van der Waals surface area contributed by atoms with Crippen LogP contribution in [-0.2, 0) is 27.9 Å². The summed E-state index contributed by atoms with van der Waals surface area (Å²) >= 11 is 0. The van der Waals surface area contributed by atoms with Crippen LogP contribution in [0.4, 0.5) is 0 Å². The Bertz CT molecular complexity index is 1920. The van der Waals surface area contributed by atoms with Crippen LogP contribution < -0.4 is 10.2 Å². The molecular formula is C78H137N2O7P. The number of esters is 1. The maximum Gasteiger partial charge on any atom is 0.306 e. The van der Waals surface area contributed by atoms with Crippen molar-refractivity contribution < 1.29 is 37.3 Å². The standard InChI is InChI=1S/C78H137N2O7P/c1-7-10-13-16-19-22-25-28-30-32-34-36-38-39-40-41-43-44-46-48-50-52-55-58-61-64-67-70-77(81)79-75(74-86-88(83,84)85-73-72-80(4,5)6)76(69-66-63-60-57-54-27-24-21-18-15-12-9-3)87-78(82)71-68-65-62-59-56-53-51-49-47-45-42-37-35-33-31-29-26-23-20-17-14-11-8-2/h11,14,19-20,22-23,28-31,34-37,39-40,45,47,66,69,75-76H,7-10,12-13,15-18,21,24-27,32-33,38,41-44,46,48-65,67-68,70-74H2,1-6H3,(H-,79,81,83,84)/b14-11-,22-19-,23-20-,30-28-,31-29-,36-34-,37-35-,40-39-,47-45-,69-66-. The summed E-state index contributed by atoms with van der Waals surface area (Å²) in [6.45, 7) is 6.70. The molecule has 0 heterocycles. The first-order valence-electron chi connectivity index (χ1n) is 36.3. The minimum atomic E-state index is -4.72. The number of rotatable bonds is 65. The summed E-state index contributed by atoms with van der Waals surface area (Å²) < 4.78 is 30.5. The van der Waals surface area contributed by atoms with Gasteiger partial charge >= 0.3 is 5.97 Å². The zero-order chi connectivity index (χ0) is 64.2. The molecule has 506 valence electrons. The van der Waals surface area contributed by atoms with Crippen LogP contribution in [0, 0.1) is 0 Å². The SMILES string of the molecule is CC/C=C\C/C=C\C/C=C\C/C=C\C/C=C\CCCCCCCCCC(=O)OC(/C=C\CCCCCCCCCCCC)C(COP(=O)([O-])OCC[N+](C)(C)C)NC(=O)CCCCCCCCCCCCC/C=C\C/C=C\C/C=C\C/C=C\CCCCC. The molecule has 3 atom stereocenters. The predicted molar refractivity (Wildman–Crippen MR) is 380 cm³/mol. The lowest BCUT2D eigenvalue weighted by Gasteiger charge is -2.30. The van der Waals surface area contributed by atoms with Gasteiger partial charge in [0.2, 0.25) is 5.91 Å². The molecule has 0 spiro atoms. The topological polar surface area (TPSA) is 114 Å². The van der Waals surface area contributed by atoms with E-state index in [-0.39, 0.29) is 24.9 Å². The third kappa shape index (κ3) is 66.8. The average molecular weight is 1250 g/mol. The quantitative estimate of drug-likeness (QED) is 0.0212. The number of hydrogen-bond donors (Lipinski definition) is 1. The number of ether oxygens (including phenoxy) is 1. The van der Waals surface area contributed by atoms with Crippen LogP contribution in [0.25, 0.3) is 0 Å². The second-order valence-corrected chi connectivity index (χ2v) is 26.8. The molecule has 0 fully saturated rings.